The van der Waals surface area contributed by atoms with Crippen LogP contribution in [0, 0.1) is 0 Å². The van der Waals surface area contributed by atoms with Crippen molar-refractivity contribution in [3.63, 3.8) is 0 Å². The molecule has 2 nitrogen and oxygen atoms in total. The van der Waals surface area contributed by atoms with Crippen LogP contribution >= 0.6 is 11.8 Å². The van der Waals surface area contributed by atoms with Crippen LogP contribution in [0.5, 0.6) is 0 Å². The predicted octanol–water partition coefficient (Wildman–Crippen LogP) is 1.18. The van der Waals surface area contributed by atoms with Gasteiger partial charge in [0.1, 0.15) is 0 Å². The molecule has 76 valence electrons. The Bertz CT molecular complexity index is 157. The van der Waals surface area contributed by atoms with E-state index in [0.717, 1.165) is 12.1 Å². The van der Waals surface area contributed by atoms with Crippen molar-refractivity contribution in [3.8, 4) is 0 Å². The van der Waals surface area contributed by atoms with Crippen molar-refractivity contribution in [3.05, 3.63) is 0 Å². The van der Waals surface area contributed by atoms with Crippen LogP contribution in [0.2, 0.25) is 0 Å². The van der Waals surface area contributed by atoms with E-state index in [9.17, 15) is 0 Å². The molecule has 0 saturated carbocycles. The summed E-state index contributed by atoms with van der Waals surface area (Å²) in [6, 6.07) is 1.64. The van der Waals surface area contributed by atoms with E-state index in [2.05, 4.69) is 29.0 Å². The summed E-state index contributed by atoms with van der Waals surface area (Å²) >= 11 is 2.14. The molecular weight excluding hydrogens is 180 g/mol. The van der Waals surface area contributed by atoms with Gasteiger partial charge in [0.2, 0.25) is 0 Å². The van der Waals surface area contributed by atoms with E-state index in [1.54, 1.807) is 0 Å². The molecule has 0 radical (unpaired) electrons. The van der Waals surface area contributed by atoms with Crippen LogP contribution in [0.3, 0.4) is 0 Å². The van der Waals surface area contributed by atoms with E-state index < -0.39 is 0 Å². The Morgan fingerprint density at radius 3 is 2.92 bits per heavy atom. The lowest BCUT2D eigenvalue weighted by Crippen LogP contribution is -2.39. The number of likely N-dealkylation sites (tertiary alicyclic amines) is 1. The molecule has 1 N–H and O–H groups in total. The van der Waals surface area contributed by atoms with Crippen molar-refractivity contribution in [2.24, 2.45) is 0 Å². The van der Waals surface area contributed by atoms with E-state index in [1.807, 2.05) is 0 Å². The minimum absolute atomic E-state index is 0.756. The van der Waals surface area contributed by atoms with E-state index >= 15 is 0 Å². The molecule has 0 spiro atoms. The van der Waals surface area contributed by atoms with Crippen LogP contribution < -0.4 is 5.32 Å². The number of nitrogens with one attached hydrogen (secondary N) is 1. The molecule has 0 aromatic heterocycles. The quantitative estimate of drug-likeness (QED) is 0.720. The summed E-state index contributed by atoms with van der Waals surface area (Å²) < 4.78 is 0. The highest BCUT2D eigenvalue weighted by Crippen LogP contribution is 2.24. The molecule has 2 fully saturated rings. The van der Waals surface area contributed by atoms with Gasteiger partial charge in [-0.3, -0.25) is 4.90 Å². The van der Waals surface area contributed by atoms with E-state index in [1.165, 1.54) is 43.9 Å². The molecule has 2 unspecified atom stereocenters. The largest absolute Gasteiger partial charge is 0.316 e. The monoisotopic (exact) mass is 200 g/mol. The molecule has 0 bridgehead atoms. The second-order valence-corrected chi connectivity index (χ2v) is 5.29. The van der Waals surface area contributed by atoms with Crippen molar-refractivity contribution < 1.29 is 0 Å². The summed E-state index contributed by atoms with van der Waals surface area (Å²) in [5, 5.41) is 3.38. The van der Waals surface area contributed by atoms with Gasteiger partial charge in [-0.25, -0.2) is 0 Å². The lowest BCUT2D eigenvalue weighted by Gasteiger charge is -2.30. The van der Waals surface area contributed by atoms with Gasteiger partial charge in [0.15, 0.2) is 0 Å². The van der Waals surface area contributed by atoms with Crippen LogP contribution in [0.1, 0.15) is 19.3 Å². The maximum Gasteiger partial charge on any atom is 0.0204 e. The highest BCUT2D eigenvalue weighted by Gasteiger charge is 2.28. The zero-order valence-electron chi connectivity index (χ0n) is 8.46. The summed E-state index contributed by atoms with van der Waals surface area (Å²) in [5.74, 6) is 2.76. The first-order chi connectivity index (χ1) is 6.40. The zero-order valence-corrected chi connectivity index (χ0v) is 9.28. The van der Waals surface area contributed by atoms with Gasteiger partial charge in [-0.1, -0.05) is 0 Å². The van der Waals surface area contributed by atoms with Crippen LogP contribution in [0.25, 0.3) is 0 Å². The number of hydrogen-bond acceptors (Lipinski definition) is 3. The second-order valence-electron chi connectivity index (χ2n) is 4.14. The van der Waals surface area contributed by atoms with E-state index in [4.69, 9.17) is 0 Å². The third-order valence-electron chi connectivity index (χ3n) is 3.28. The third-order valence-corrected chi connectivity index (χ3v) is 4.48. The average Bonchev–Trinajstić information content (AvgIpc) is 2.67. The van der Waals surface area contributed by atoms with Gasteiger partial charge in [-0.2, -0.15) is 11.8 Å². The Morgan fingerprint density at radius 2 is 2.31 bits per heavy atom. The molecule has 2 rings (SSSR count). The smallest absolute Gasteiger partial charge is 0.0204 e. The molecule has 0 aromatic rings. The molecule has 3 heteroatoms. The van der Waals surface area contributed by atoms with Crippen molar-refractivity contribution in [2.45, 2.75) is 31.3 Å². The highest BCUT2D eigenvalue weighted by molar-refractivity contribution is 7.99. The van der Waals surface area contributed by atoms with Crippen molar-refractivity contribution in [1.82, 2.24) is 10.2 Å². The van der Waals surface area contributed by atoms with Gasteiger partial charge in [-0.15, -0.1) is 0 Å². The molecule has 0 amide bonds. The summed E-state index contributed by atoms with van der Waals surface area (Å²) in [5.41, 5.74) is 0. The van der Waals surface area contributed by atoms with Crippen molar-refractivity contribution in [1.29, 1.82) is 0 Å². The summed E-state index contributed by atoms with van der Waals surface area (Å²) in [4.78, 5) is 2.69. The molecule has 0 aromatic carbocycles. The maximum atomic E-state index is 3.38. The predicted molar refractivity (Wildman–Crippen MR) is 59.4 cm³/mol. The Balaban J connectivity index is 1.80. The number of rotatable bonds is 2. The van der Waals surface area contributed by atoms with Gasteiger partial charge >= 0.3 is 0 Å². The fraction of sp³-hybridized carbons (Fsp3) is 1.00. The average molecular weight is 200 g/mol. The second kappa shape index (κ2) is 4.67. The summed E-state index contributed by atoms with van der Waals surface area (Å²) in [6.07, 6.45) is 4.21. The standard InChI is InChI=1S/C10H20N2S/c1-11-9-4-5-12(7-9)10-3-2-6-13-8-10/h9-11H,2-8H2,1H3. The lowest BCUT2D eigenvalue weighted by molar-refractivity contribution is 0.242. The zero-order chi connectivity index (χ0) is 9.10. The number of hydrogen-bond donors (Lipinski definition) is 1. The molecule has 2 atom stereocenters. The van der Waals surface area contributed by atoms with Crippen LogP contribution in [-0.4, -0.2) is 48.6 Å². The van der Waals surface area contributed by atoms with Gasteiger partial charge in [0.25, 0.3) is 0 Å². The first-order valence-corrected chi connectivity index (χ1v) is 6.54. The van der Waals surface area contributed by atoms with Crippen molar-refractivity contribution in [2.75, 3.05) is 31.6 Å². The molecule has 13 heavy (non-hydrogen) atoms. The molecule has 2 aliphatic heterocycles. The summed E-state index contributed by atoms with van der Waals surface area (Å²) in [7, 11) is 2.09. The van der Waals surface area contributed by atoms with Gasteiger partial charge in [0.05, 0.1) is 0 Å². The minimum Gasteiger partial charge on any atom is -0.316 e. The molecule has 2 heterocycles. The topological polar surface area (TPSA) is 15.3 Å². The Labute approximate surface area is 85.4 Å². The van der Waals surface area contributed by atoms with Crippen LogP contribution in [0.4, 0.5) is 0 Å². The first-order valence-electron chi connectivity index (χ1n) is 5.39. The normalized spacial score (nSPS) is 36.7. The van der Waals surface area contributed by atoms with Gasteiger partial charge in [-0.05, 0) is 32.1 Å². The third kappa shape index (κ3) is 2.39. The SMILES string of the molecule is CNC1CCN(C2CCCSC2)C1. The Kier molecular flexibility index (Phi) is 3.52. The molecule has 2 saturated heterocycles. The number of thioether (sulfide) groups is 1. The summed E-state index contributed by atoms with van der Waals surface area (Å²) in [6.45, 7) is 2.60. The molecular formula is C10H20N2S. The Morgan fingerprint density at radius 1 is 1.38 bits per heavy atom. The number of likely N-dealkylation sites (N-methyl/N-ethyl adjacent to an activating group) is 1. The fourth-order valence-corrected chi connectivity index (χ4v) is 3.55. The highest BCUT2D eigenvalue weighted by atomic mass is 32.2. The van der Waals surface area contributed by atoms with Crippen molar-refractivity contribution >= 4 is 11.8 Å². The van der Waals surface area contributed by atoms with Gasteiger partial charge in [0, 0.05) is 30.9 Å². The minimum atomic E-state index is 0.756. The van der Waals surface area contributed by atoms with Crippen LogP contribution in [0.15, 0.2) is 0 Å². The van der Waals surface area contributed by atoms with E-state index in [0.29, 0.717) is 0 Å². The maximum absolute atomic E-state index is 3.38. The number of nitrogens with zero attached hydrogens (tertiary/aromatic N) is 1. The van der Waals surface area contributed by atoms with Crippen LogP contribution in [-0.2, 0) is 0 Å². The molecule has 0 aliphatic carbocycles. The first kappa shape index (κ1) is 9.81. The Hall–Kier alpha value is 0.270. The lowest BCUT2D eigenvalue weighted by atomic mass is 10.1. The van der Waals surface area contributed by atoms with E-state index in [-0.39, 0.29) is 0 Å². The van der Waals surface area contributed by atoms with Gasteiger partial charge < -0.3 is 5.32 Å². The fourth-order valence-electron chi connectivity index (χ4n) is 2.37. The molecule has 2 aliphatic rings.